The van der Waals surface area contributed by atoms with E-state index in [1.807, 2.05) is 11.8 Å². The Bertz CT molecular complexity index is 227. The maximum atomic E-state index is 5.45. The molecular formula is C11H22N2OS. The predicted octanol–water partition coefficient (Wildman–Crippen LogP) is 2.13. The molecule has 0 aromatic rings. The lowest BCUT2D eigenvalue weighted by Crippen LogP contribution is -2.33. The molecule has 1 N–H and O–H groups in total. The van der Waals surface area contributed by atoms with Gasteiger partial charge in [-0.1, -0.05) is 25.6 Å². The van der Waals surface area contributed by atoms with Crippen LogP contribution >= 0.6 is 11.8 Å². The fraction of sp³-hybridized carbons (Fsp3) is 0.909. The van der Waals surface area contributed by atoms with Crippen molar-refractivity contribution in [1.82, 2.24) is 5.32 Å². The molecule has 0 saturated carbocycles. The first-order valence-corrected chi connectivity index (χ1v) is 6.51. The fourth-order valence-corrected chi connectivity index (χ4v) is 2.18. The Morgan fingerprint density at radius 3 is 2.80 bits per heavy atom. The highest BCUT2D eigenvalue weighted by Crippen LogP contribution is 2.26. The maximum Gasteiger partial charge on any atom is 0.156 e. The molecule has 0 radical (unpaired) electrons. The van der Waals surface area contributed by atoms with Gasteiger partial charge in [0, 0.05) is 18.8 Å². The van der Waals surface area contributed by atoms with Crippen LogP contribution < -0.4 is 5.32 Å². The summed E-state index contributed by atoms with van der Waals surface area (Å²) in [6, 6.07) is 0. The van der Waals surface area contributed by atoms with Gasteiger partial charge < -0.3 is 10.1 Å². The van der Waals surface area contributed by atoms with Crippen LogP contribution in [-0.4, -0.2) is 36.7 Å². The third-order valence-electron chi connectivity index (χ3n) is 2.08. The Morgan fingerprint density at radius 2 is 2.27 bits per heavy atom. The summed E-state index contributed by atoms with van der Waals surface area (Å²) < 4.78 is 5.45. The van der Waals surface area contributed by atoms with E-state index in [1.165, 1.54) is 0 Å². The van der Waals surface area contributed by atoms with Crippen molar-refractivity contribution in [2.75, 3.05) is 25.4 Å². The van der Waals surface area contributed by atoms with Crippen molar-refractivity contribution in [2.45, 2.75) is 33.8 Å². The highest BCUT2D eigenvalue weighted by atomic mass is 32.2. The largest absolute Gasteiger partial charge is 0.377 e. The van der Waals surface area contributed by atoms with Crippen molar-refractivity contribution in [3.05, 3.63) is 0 Å². The minimum absolute atomic E-state index is 0.312. The summed E-state index contributed by atoms with van der Waals surface area (Å²) in [4.78, 5) is 4.51. The van der Waals surface area contributed by atoms with E-state index in [2.05, 4.69) is 38.0 Å². The number of amidine groups is 1. The third-order valence-corrected chi connectivity index (χ3v) is 3.55. The molecule has 0 spiro atoms. The van der Waals surface area contributed by atoms with Crippen molar-refractivity contribution in [3.63, 3.8) is 0 Å². The lowest BCUT2D eigenvalue weighted by Gasteiger charge is -2.27. The first kappa shape index (κ1) is 12.8. The monoisotopic (exact) mass is 230 g/mol. The first-order valence-electron chi connectivity index (χ1n) is 5.52. The minimum atomic E-state index is 0.312. The maximum absolute atomic E-state index is 5.45. The molecule has 0 aromatic carbocycles. The molecule has 1 aliphatic rings. The Morgan fingerprint density at radius 1 is 1.53 bits per heavy atom. The van der Waals surface area contributed by atoms with E-state index in [1.54, 1.807) is 0 Å². The van der Waals surface area contributed by atoms with Crippen LogP contribution in [0.2, 0.25) is 0 Å². The third kappa shape index (κ3) is 5.42. The fourth-order valence-electron chi connectivity index (χ4n) is 1.20. The van der Waals surface area contributed by atoms with Crippen molar-refractivity contribution in [3.8, 4) is 0 Å². The van der Waals surface area contributed by atoms with Gasteiger partial charge in [0.15, 0.2) is 5.17 Å². The number of nitrogens with zero attached hydrogens (tertiary/aromatic N) is 1. The van der Waals surface area contributed by atoms with Gasteiger partial charge in [-0.05, 0) is 19.3 Å². The zero-order valence-corrected chi connectivity index (χ0v) is 11.0. The Balaban J connectivity index is 2.15. The van der Waals surface area contributed by atoms with E-state index in [9.17, 15) is 0 Å². The summed E-state index contributed by atoms with van der Waals surface area (Å²) >= 11 is 1.81. The molecular weight excluding hydrogens is 208 g/mol. The average Bonchev–Trinajstić information content (AvgIpc) is 2.14. The van der Waals surface area contributed by atoms with Gasteiger partial charge in [0.1, 0.15) is 0 Å². The molecule has 0 saturated heterocycles. The average molecular weight is 230 g/mol. The normalized spacial score (nSPS) is 20.2. The van der Waals surface area contributed by atoms with Crippen LogP contribution in [0, 0.1) is 5.41 Å². The molecule has 0 unspecified atom stereocenters. The van der Waals surface area contributed by atoms with Crippen LogP contribution in [0.4, 0.5) is 0 Å². The summed E-state index contributed by atoms with van der Waals surface area (Å²) in [5, 5.41) is 4.37. The Kier molecular flexibility index (Phi) is 4.93. The molecule has 0 fully saturated rings. The molecule has 0 atom stereocenters. The smallest absolute Gasteiger partial charge is 0.156 e. The number of nitrogens with one attached hydrogen (secondary N) is 1. The molecule has 15 heavy (non-hydrogen) atoms. The summed E-state index contributed by atoms with van der Waals surface area (Å²) in [6.07, 6.45) is 0.312. The Labute approximate surface area is 97.1 Å². The highest BCUT2D eigenvalue weighted by molar-refractivity contribution is 8.13. The molecule has 0 aliphatic carbocycles. The second kappa shape index (κ2) is 5.75. The van der Waals surface area contributed by atoms with Crippen LogP contribution in [0.1, 0.15) is 27.7 Å². The Hall–Kier alpha value is -0.220. The van der Waals surface area contributed by atoms with E-state index in [4.69, 9.17) is 4.74 Å². The second-order valence-corrected chi connectivity index (χ2v) is 5.88. The van der Waals surface area contributed by atoms with Gasteiger partial charge in [0.2, 0.25) is 0 Å². The topological polar surface area (TPSA) is 33.6 Å². The summed E-state index contributed by atoms with van der Waals surface area (Å²) in [5.74, 6) is 1.14. The van der Waals surface area contributed by atoms with E-state index < -0.39 is 0 Å². The van der Waals surface area contributed by atoms with E-state index in [0.29, 0.717) is 11.5 Å². The van der Waals surface area contributed by atoms with Crippen molar-refractivity contribution in [2.24, 2.45) is 10.4 Å². The lowest BCUT2D eigenvalue weighted by molar-refractivity contribution is 0.0831. The molecule has 0 amide bonds. The van der Waals surface area contributed by atoms with Crippen molar-refractivity contribution >= 4 is 16.9 Å². The molecule has 0 aromatic heterocycles. The van der Waals surface area contributed by atoms with Gasteiger partial charge in [-0.25, -0.2) is 0 Å². The SMILES string of the molecule is CC(C)OCCNC1=NCC(C)(C)CS1. The van der Waals surface area contributed by atoms with E-state index in [-0.39, 0.29) is 0 Å². The van der Waals surface area contributed by atoms with Gasteiger partial charge in [-0.3, -0.25) is 4.99 Å². The van der Waals surface area contributed by atoms with E-state index in [0.717, 1.165) is 30.6 Å². The zero-order chi connectivity index (χ0) is 11.3. The van der Waals surface area contributed by atoms with Crippen LogP contribution in [-0.2, 0) is 4.74 Å². The van der Waals surface area contributed by atoms with Gasteiger partial charge in [-0.15, -0.1) is 0 Å². The van der Waals surface area contributed by atoms with E-state index >= 15 is 0 Å². The summed E-state index contributed by atoms with van der Waals surface area (Å²) in [5.41, 5.74) is 0.351. The minimum Gasteiger partial charge on any atom is -0.377 e. The van der Waals surface area contributed by atoms with Crippen molar-refractivity contribution in [1.29, 1.82) is 0 Å². The number of thioether (sulfide) groups is 1. The molecule has 0 bridgehead atoms. The van der Waals surface area contributed by atoms with Crippen molar-refractivity contribution < 1.29 is 4.74 Å². The van der Waals surface area contributed by atoms with Crippen LogP contribution in [0.15, 0.2) is 4.99 Å². The van der Waals surface area contributed by atoms with Gasteiger partial charge in [0.25, 0.3) is 0 Å². The highest BCUT2D eigenvalue weighted by Gasteiger charge is 2.22. The number of hydrogen-bond acceptors (Lipinski definition) is 4. The molecule has 4 heteroatoms. The molecule has 1 rings (SSSR count). The van der Waals surface area contributed by atoms with Crippen LogP contribution in [0.25, 0.3) is 0 Å². The second-order valence-electron chi connectivity index (χ2n) is 4.92. The number of ether oxygens (including phenoxy) is 1. The molecule has 1 aliphatic heterocycles. The standard InChI is InChI=1S/C11H22N2OS/c1-9(2)14-6-5-12-10-13-7-11(3,4)8-15-10/h9H,5-8H2,1-4H3,(H,12,13). The first-order chi connectivity index (χ1) is 6.99. The lowest BCUT2D eigenvalue weighted by atomic mass is 9.97. The summed E-state index contributed by atoms with van der Waals surface area (Å²) in [7, 11) is 0. The summed E-state index contributed by atoms with van der Waals surface area (Å²) in [6.45, 7) is 11.1. The van der Waals surface area contributed by atoms with Gasteiger partial charge in [0.05, 0.1) is 12.7 Å². The van der Waals surface area contributed by atoms with Gasteiger partial charge in [-0.2, -0.15) is 0 Å². The molecule has 3 nitrogen and oxygen atoms in total. The number of aliphatic imine (C=N–C) groups is 1. The number of rotatable bonds is 4. The number of hydrogen-bond donors (Lipinski definition) is 1. The molecule has 88 valence electrons. The molecule has 1 heterocycles. The van der Waals surface area contributed by atoms with Gasteiger partial charge >= 0.3 is 0 Å². The van der Waals surface area contributed by atoms with Crippen LogP contribution in [0.5, 0.6) is 0 Å². The predicted molar refractivity (Wildman–Crippen MR) is 67.6 cm³/mol. The van der Waals surface area contributed by atoms with Crippen LogP contribution in [0.3, 0.4) is 0 Å². The quantitative estimate of drug-likeness (QED) is 0.751. The zero-order valence-electron chi connectivity index (χ0n) is 10.2.